The van der Waals surface area contributed by atoms with Crippen LogP contribution in [0.3, 0.4) is 0 Å². The van der Waals surface area contributed by atoms with Gasteiger partial charge in [-0.05, 0) is 0 Å². The van der Waals surface area contributed by atoms with Gasteiger partial charge in [-0.1, -0.05) is 40.7 Å². The van der Waals surface area contributed by atoms with E-state index in [1.807, 2.05) is 12.2 Å². The third kappa shape index (κ3) is 10.9. The van der Waals surface area contributed by atoms with Gasteiger partial charge in [0.1, 0.15) is 0 Å². The van der Waals surface area contributed by atoms with Crippen LogP contribution in [0.1, 0.15) is 0 Å². The molecule has 0 heterocycles. The third-order valence-corrected chi connectivity index (χ3v) is 0.735. The van der Waals surface area contributed by atoms with Gasteiger partial charge in [-0.3, -0.25) is 0 Å². The number of hydrogen-bond donors (Lipinski definition) is 0. The Kier molecular flexibility index (Phi) is 15.3. The fraction of sp³-hybridized carbons (Fsp3) is 0.200. The molecule has 0 atom stereocenters. The molecule has 0 saturated heterocycles. The van der Waals surface area contributed by atoms with Crippen molar-refractivity contribution in [3.8, 4) is 0 Å². The molecule has 0 aromatic heterocycles. The Balaban J connectivity index is 0. The van der Waals surface area contributed by atoms with E-state index in [2.05, 4.69) is 22.5 Å². The van der Waals surface area contributed by atoms with Crippen LogP contribution < -0.4 is 0 Å². The minimum absolute atomic E-state index is 0. The summed E-state index contributed by atoms with van der Waals surface area (Å²) < 4.78 is 0. The van der Waals surface area contributed by atoms with E-state index in [1.54, 1.807) is 6.08 Å². The average Bonchev–Trinajstić information content (AvgIpc) is 1.61. The fourth-order valence-electron chi connectivity index (χ4n) is 0.148. The summed E-state index contributed by atoms with van der Waals surface area (Å²) in [6.07, 6.45) is 5.63. The largest absolute Gasteiger partial charge is 0.0991 e. The molecular formula is C5H7BrIn. The van der Waals surface area contributed by atoms with Crippen LogP contribution in [-0.4, -0.2) is 31.2 Å². The van der Waals surface area contributed by atoms with Crippen molar-refractivity contribution in [2.24, 2.45) is 0 Å². The number of allylic oxidation sites excluding steroid dienone is 3. The van der Waals surface area contributed by atoms with E-state index in [1.165, 1.54) is 0 Å². The molecule has 0 N–H and O–H groups in total. The first-order valence-corrected chi connectivity index (χ1v) is 2.87. The molecular weight excluding hydrogens is 255 g/mol. The van der Waals surface area contributed by atoms with Gasteiger partial charge in [-0.2, -0.15) is 0 Å². The summed E-state index contributed by atoms with van der Waals surface area (Å²) in [6.45, 7) is 3.49. The average molecular weight is 262 g/mol. The topological polar surface area (TPSA) is 0 Å². The monoisotopic (exact) mass is 261 g/mol. The second-order valence-electron chi connectivity index (χ2n) is 0.818. The van der Waals surface area contributed by atoms with Crippen LogP contribution in [0.2, 0.25) is 0 Å². The minimum atomic E-state index is 0. The maximum atomic E-state index is 3.49. The Labute approximate surface area is 71.6 Å². The SMILES string of the molecule is C=CC=CCBr.[In]. The number of hydrogen-bond acceptors (Lipinski definition) is 0. The van der Waals surface area contributed by atoms with Crippen molar-refractivity contribution in [3.63, 3.8) is 0 Å². The third-order valence-electron chi connectivity index (χ3n) is 0.361. The molecule has 0 aliphatic carbocycles. The molecule has 0 amide bonds. The molecule has 0 saturated carbocycles. The first-order chi connectivity index (χ1) is 2.91. The zero-order valence-corrected chi connectivity index (χ0v) is 8.98. The number of alkyl halides is 1. The quantitative estimate of drug-likeness (QED) is 0.525. The first-order valence-electron chi connectivity index (χ1n) is 1.75. The Hall–Kier alpha value is 0.830. The zero-order chi connectivity index (χ0) is 4.83. The second-order valence-corrected chi connectivity index (χ2v) is 1.47. The van der Waals surface area contributed by atoms with Crippen LogP contribution in [0, 0.1) is 0 Å². The molecule has 0 bridgehead atoms. The van der Waals surface area contributed by atoms with Crippen molar-refractivity contribution in [2.75, 3.05) is 5.33 Å². The molecule has 7 heavy (non-hydrogen) atoms. The molecule has 0 spiro atoms. The van der Waals surface area contributed by atoms with E-state index >= 15 is 0 Å². The Morgan fingerprint density at radius 1 is 1.57 bits per heavy atom. The van der Waals surface area contributed by atoms with Crippen LogP contribution in [0.5, 0.6) is 0 Å². The molecule has 37 valence electrons. The van der Waals surface area contributed by atoms with Crippen LogP contribution in [0.15, 0.2) is 24.8 Å². The van der Waals surface area contributed by atoms with Gasteiger partial charge in [-0.15, -0.1) is 0 Å². The van der Waals surface area contributed by atoms with Gasteiger partial charge in [0.15, 0.2) is 0 Å². The van der Waals surface area contributed by atoms with Crippen LogP contribution in [0.25, 0.3) is 0 Å². The maximum Gasteiger partial charge on any atom is 0.0215 e. The van der Waals surface area contributed by atoms with Crippen LogP contribution in [0.4, 0.5) is 0 Å². The van der Waals surface area contributed by atoms with Crippen molar-refractivity contribution in [2.45, 2.75) is 0 Å². The van der Waals surface area contributed by atoms with Crippen molar-refractivity contribution in [3.05, 3.63) is 24.8 Å². The van der Waals surface area contributed by atoms with Crippen molar-refractivity contribution < 1.29 is 0 Å². The Morgan fingerprint density at radius 2 is 2.14 bits per heavy atom. The molecule has 0 nitrogen and oxygen atoms in total. The van der Waals surface area contributed by atoms with E-state index in [4.69, 9.17) is 0 Å². The van der Waals surface area contributed by atoms with Gasteiger partial charge < -0.3 is 0 Å². The predicted molar refractivity (Wildman–Crippen MR) is 38.9 cm³/mol. The van der Waals surface area contributed by atoms with Gasteiger partial charge in [0, 0.05) is 31.2 Å². The van der Waals surface area contributed by atoms with Gasteiger partial charge in [0.05, 0.1) is 0 Å². The second kappa shape index (κ2) is 9.95. The Bertz CT molecular complexity index is 59.1. The van der Waals surface area contributed by atoms with Gasteiger partial charge in [-0.25, -0.2) is 0 Å². The standard InChI is InChI=1S/C5H7Br.In/c1-2-3-4-5-6;/h2-4H,1,5H2;. The summed E-state index contributed by atoms with van der Waals surface area (Å²) in [4.78, 5) is 0. The van der Waals surface area contributed by atoms with Gasteiger partial charge >= 0.3 is 0 Å². The van der Waals surface area contributed by atoms with E-state index in [0.717, 1.165) is 5.33 Å². The fourth-order valence-corrected chi connectivity index (χ4v) is 0.363. The molecule has 0 unspecified atom stereocenters. The molecule has 0 aliphatic heterocycles. The normalized spacial score (nSPS) is 8.14. The molecule has 0 aromatic rings. The molecule has 3 radical (unpaired) electrons. The van der Waals surface area contributed by atoms with Crippen molar-refractivity contribution in [1.29, 1.82) is 0 Å². The first kappa shape index (κ1) is 10.7. The molecule has 0 fully saturated rings. The summed E-state index contributed by atoms with van der Waals surface area (Å²) in [6, 6.07) is 0. The summed E-state index contributed by atoms with van der Waals surface area (Å²) in [5, 5.41) is 0.916. The summed E-state index contributed by atoms with van der Waals surface area (Å²) >= 11 is 3.22. The van der Waals surface area contributed by atoms with Crippen LogP contribution >= 0.6 is 15.9 Å². The predicted octanol–water partition coefficient (Wildman–Crippen LogP) is 1.74. The smallest absolute Gasteiger partial charge is 0.0215 e. The minimum Gasteiger partial charge on any atom is -0.0991 e. The molecule has 0 rings (SSSR count). The zero-order valence-electron chi connectivity index (χ0n) is 4.10. The maximum absolute atomic E-state index is 3.49. The van der Waals surface area contributed by atoms with E-state index in [0.29, 0.717) is 0 Å². The van der Waals surface area contributed by atoms with E-state index < -0.39 is 0 Å². The van der Waals surface area contributed by atoms with Crippen molar-refractivity contribution >= 4 is 41.8 Å². The molecule has 0 aliphatic rings. The van der Waals surface area contributed by atoms with E-state index in [-0.39, 0.29) is 25.8 Å². The van der Waals surface area contributed by atoms with Gasteiger partial charge in [0.25, 0.3) is 0 Å². The Morgan fingerprint density at radius 3 is 2.29 bits per heavy atom. The van der Waals surface area contributed by atoms with E-state index in [9.17, 15) is 0 Å². The summed E-state index contributed by atoms with van der Waals surface area (Å²) in [5.74, 6) is 0. The molecule has 0 aromatic carbocycles. The number of rotatable bonds is 2. The summed E-state index contributed by atoms with van der Waals surface area (Å²) in [5.41, 5.74) is 0. The van der Waals surface area contributed by atoms with Crippen molar-refractivity contribution in [1.82, 2.24) is 0 Å². The number of halogens is 1. The molecule has 2 heteroatoms. The summed E-state index contributed by atoms with van der Waals surface area (Å²) in [7, 11) is 0. The van der Waals surface area contributed by atoms with Gasteiger partial charge in [0.2, 0.25) is 0 Å². The van der Waals surface area contributed by atoms with Crippen LogP contribution in [-0.2, 0) is 0 Å².